The number of aryl methyl sites for hydroxylation is 1. The minimum Gasteiger partial charge on any atom is -0.371 e. The Morgan fingerprint density at radius 1 is 1.30 bits per heavy atom. The third-order valence-electron chi connectivity index (χ3n) is 4.69. The van der Waals surface area contributed by atoms with Gasteiger partial charge in [0.05, 0.1) is 17.6 Å². The number of ether oxygens (including phenoxy) is 1. The molecule has 0 spiro atoms. The Morgan fingerprint density at radius 2 is 2.07 bits per heavy atom. The zero-order chi connectivity index (χ0) is 19.2. The largest absolute Gasteiger partial charge is 0.371 e. The molecular formula is C20H23N3O4. The molecule has 1 atom stereocenters. The van der Waals surface area contributed by atoms with Crippen molar-refractivity contribution >= 4 is 11.6 Å². The third-order valence-corrected chi connectivity index (χ3v) is 4.69. The first-order valence-electron chi connectivity index (χ1n) is 8.97. The standard InChI is InChI=1S/C20H23N3O4/c1-15-13-17(7-8-18(15)23(25)26)20(24)21-9-10-22-11-12-27-19(14-22)16-5-3-2-4-6-16/h2-8,13,19H,9-12,14H2,1H3,(H,21,24). The van der Waals surface area contributed by atoms with Gasteiger partial charge in [0.1, 0.15) is 0 Å². The van der Waals surface area contributed by atoms with E-state index in [0.717, 1.165) is 25.2 Å². The van der Waals surface area contributed by atoms with Crippen LogP contribution in [0.5, 0.6) is 0 Å². The number of hydrogen-bond donors (Lipinski definition) is 1. The summed E-state index contributed by atoms with van der Waals surface area (Å²) in [7, 11) is 0. The van der Waals surface area contributed by atoms with Crippen molar-refractivity contribution in [3.05, 3.63) is 75.3 Å². The van der Waals surface area contributed by atoms with E-state index in [2.05, 4.69) is 22.3 Å². The summed E-state index contributed by atoms with van der Waals surface area (Å²) < 4.78 is 5.85. The molecule has 2 aromatic carbocycles. The molecular weight excluding hydrogens is 346 g/mol. The lowest BCUT2D eigenvalue weighted by Crippen LogP contribution is -2.42. The quantitative estimate of drug-likeness (QED) is 0.625. The minimum absolute atomic E-state index is 0.0202. The zero-order valence-corrected chi connectivity index (χ0v) is 15.3. The molecule has 1 saturated heterocycles. The number of carbonyl (C=O) groups is 1. The van der Waals surface area contributed by atoms with Gasteiger partial charge in [0.25, 0.3) is 11.6 Å². The first-order valence-corrected chi connectivity index (χ1v) is 8.97. The van der Waals surface area contributed by atoms with Gasteiger partial charge in [-0.2, -0.15) is 0 Å². The summed E-state index contributed by atoms with van der Waals surface area (Å²) in [5.74, 6) is -0.221. The van der Waals surface area contributed by atoms with Crippen molar-refractivity contribution < 1.29 is 14.5 Å². The summed E-state index contributed by atoms with van der Waals surface area (Å²) in [6.07, 6.45) is 0.0490. The Morgan fingerprint density at radius 3 is 2.78 bits per heavy atom. The molecule has 1 aliphatic rings. The molecule has 1 fully saturated rings. The van der Waals surface area contributed by atoms with Crippen molar-refractivity contribution in [2.75, 3.05) is 32.8 Å². The fourth-order valence-electron chi connectivity index (χ4n) is 3.21. The summed E-state index contributed by atoms with van der Waals surface area (Å²) in [5.41, 5.74) is 2.09. The predicted molar refractivity (Wildman–Crippen MR) is 102 cm³/mol. The van der Waals surface area contributed by atoms with E-state index in [-0.39, 0.29) is 17.7 Å². The van der Waals surface area contributed by atoms with Gasteiger partial charge in [-0.15, -0.1) is 0 Å². The van der Waals surface area contributed by atoms with Gasteiger partial charge in [0, 0.05) is 43.4 Å². The topological polar surface area (TPSA) is 84.7 Å². The van der Waals surface area contributed by atoms with E-state index < -0.39 is 4.92 Å². The van der Waals surface area contributed by atoms with Crippen LogP contribution in [0.2, 0.25) is 0 Å². The van der Waals surface area contributed by atoms with Gasteiger partial charge < -0.3 is 10.1 Å². The van der Waals surface area contributed by atoms with Crippen molar-refractivity contribution in [2.45, 2.75) is 13.0 Å². The second-order valence-electron chi connectivity index (χ2n) is 6.59. The summed E-state index contributed by atoms with van der Waals surface area (Å²) in [4.78, 5) is 25.0. The van der Waals surface area contributed by atoms with E-state index in [1.54, 1.807) is 13.0 Å². The Hall–Kier alpha value is -2.77. The van der Waals surface area contributed by atoms with Gasteiger partial charge in [-0.25, -0.2) is 0 Å². The van der Waals surface area contributed by atoms with E-state index in [1.165, 1.54) is 12.1 Å². The molecule has 1 N–H and O–H groups in total. The SMILES string of the molecule is Cc1cc(C(=O)NCCN2CCOC(c3ccccc3)C2)ccc1[N+](=O)[O-]. The average molecular weight is 369 g/mol. The van der Waals surface area contributed by atoms with Crippen molar-refractivity contribution in [3.8, 4) is 0 Å². The molecule has 0 aliphatic carbocycles. The zero-order valence-electron chi connectivity index (χ0n) is 15.3. The Labute approximate surface area is 158 Å². The maximum Gasteiger partial charge on any atom is 0.272 e. The molecule has 1 unspecified atom stereocenters. The number of nitrogens with zero attached hydrogens (tertiary/aromatic N) is 2. The van der Waals surface area contributed by atoms with Crippen LogP contribution in [0, 0.1) is 17.0 Å². The van der Waals surface area contributed by atoms with Crippen molar-refractivity contribution in [1.29, 1.82) is 0 Å². The van der Waals surface area contributed by atoms with E-state index in [0.29, 0.717) is 24.3 Å². The number of hydrogen-bond acceptors (Lipinski definition) is 5. The first-order chi connectivity index (χ1) is 13.0. The smallest absolute Gasteiger partial charge is 0.272 e. The molecule has 1 amide bonds. The van der Waals surface area contributed by atoms with Crippen molar-refractivity contribution in [2.24, 2.45) is 0 Å². The van der Waals surface area contributed by atoms with E-state index in [4.69, 9.17) is 4.74 Å². The monoisotopic (exact) mass is 369 g/mol. The van der Waals surface area contributed by atoms with Crippen LogP contribution >= 0.6 is 0 Å². The Balaban J connectivity index is 1.50. The number of nitro groups is 1. The summed E-state index contributed by atoms with van der Waals surface area (Å²) in [6, 6.07) is 14.5. The van der Waals surface area contributed by atoms with Crippen molar-refractivity contribution in [3.63, 3.8) is 0 Å². The Kier molecular flexibility index (Phi) is 6.16. The van der Waals surface area contributed by atoms with Crippen LogP contribution in [0.15, 0.2) is 48.5 Å². The molecule has 7 nitrogen and oxygen atoms in total. The van der Waals surface area contributed by atoms with Crippen LogP contribution in [0.3, 0.4) is 0 Å². The summed E-state index contributed by atoms with van der Waals surface area (Å²) in [6.45, 7) is 5.15. The van der Waals surface area contributed by atoms with Crippen LogP contribution in [0.4, 0.5) is 5.69 Å². The molecule has 3 rings (SSSR count). The lowest BCUT2D eigenvalue weighted by atomic mass is 10.1. The highest BCUT2D eigenvalue weighted by Gasteiger charge is 2.21. The normalized spacial score (nSPS) is 17.4. The summed E-state index contributed by atoms with van der Waals surface area (Å²) >= 11 is 0. The van der Waals surface area contributed by atoms with Crippen LogP contribution in [0.25, 0.3) is 0 Å². The molecule has 142 valence electrons. The number of benzene rings is 2. The van der Waals surface area contributed by atoms with Crippen LogP contribution < -0.4 is 5.32 Å². The number of nitrogens with one attached hydrogen (secondary N) is 1. The van der Waals surface area contributed by atoms with Crippen LogP contribution in [0.1, 0.15) is 27.6 Å². The van der Waals surface area contributed by atoms with Crippen LogP contribution in [-0.2, 0) is 4.74 Å². The third kappa shape index (κ3) is 4.90. The van der Waals surface area contributed by atoms with Crippen molar-refractivity contribution in [1.82, 2.24) is 10.2 Å². The molecule has 1 aliphatic heterocycles. The lowest BCUT2D eigenvalue weighted by molar-refractivity contribution is -0.385. The van der Waals surface area contributed by atoms with Gasteiger partial charge in [0.15, 0.2) is 0 Å². The van der Waals surface area contributed by atoms with E-state index in [1.807, 2.05) is 18.2 Å². The van der Waals surface area contributed by atoms with Gasteiger partial charge in [-0.3, -0.25) is 19.8 Å². The molecule has 0 aromatic heterocycles. The molecule has 0 saturated carbocycles. The maximum atomic E-state index is 12.3. The summed E-state index contributed by atoms with van der Waals surface area (Å²) in [5, 5.41) is 13.8. The highest BCUT2D eigenvalue weighted by Crippen LogP contribution is 2.21. The number of morpholine rings is 1. The fraction of sp³-hybridized carbons (Fsp3) is 0.350. The van der Waals surface area contributed by atoms with Gasteiger partial charge in [-0.05, 0) is 24.6 Å². The molecule has 2 aromatic rings. The molecule has 7 heteroatoms. The molecule has 27 heavy (non-hydrogen) atoms. The van der Waals surface area contributed by atoms with Gasteiger partial charge in [-0.1, -0.05) is 30.3 Å². The highest BCUT2D eigenvalue weighted by molar-refractivity contribution is 5.94. The first kappa shape index (κ1) is 19.0. The van der Waals surface area contributed by atoms with E-state index in [9.17, 15) is 14.9 Å². The second kappa shape index (κ2) is 8.75. The molecule has 0 radical (unpaired) electrons. The predicted octanol–water partition coefficient (Wildman–Crippen LogP) is 2.71. The maximum absolute atomic E-state index is 12.3. The van der Waals surface area contributed by atoms with Gasteiger partial charge in [0.2, 0.25) is 0 Å². The minimum atomic E-state index is -0.446. The second-order valence-corrected chi connectivity index (χ2v) is 6.59. The fourth-order valence-corrected chi connectivity index (χ4v) is 3.21. The number of nitro benzene ring substituents is 1. The average Bonchev–Trinajstić information content (AvgIpc) is 2.68. The number of carbonyl (C=O) groups excluding carboxylic acids is 1. The number of amides is 1. The molecule has 0 bridgehead atoms. The van der Waals surface area contributed by atoms with Gasteiger partial charge >= 0.3 is 0 Å². The van der Waals surface area contributed by atoms with E-state index >= 15 is 0 Å². The lowest BCUT2D eigenvalue weighted by Gasteiger charge is -2.33. The highest BCUT2D eigenvalue weighted by atomic mass is 16.6. The number of rotatable bonds is 6. The van der Waals surface area contributed by atoms with Crippen LogP contribution in [-0.4, -0.2) is 48.5 Å². The Bertz CT molecular complexity index is 810. The molecule has 1 heterocycles.